The van der Waals surface area contributed by atoms with Crippen molar-refractivity contribution in [1.82, 2.24) is 0 Å². The second-order valence-electron chi connectivity index (χ2n) is 6.46. The van der Waals surface area contributed by atoms with Crippen molar-refractivity contribution in [3.05, 3.63) is 96.8 Å². The van der Waals surface area contributed by atoms with Crippen LogP contribution < -0.4 is 0 Å². The number of benzene rings is 2. The Labute approximate surface area is 178 Å². The fraction of sp³-hybridized carbons (Fsp3) is 0.200. The van der Waals surface area contributed by atoms with E-state index < -0.39 is 0 Å². The molecule has 0 aliphatic carbocycles. The van der Waals surface area contributed by atoms with E-state index in [-0.39, 0.29) is 26.2 Å². The van der Waals surface area contributed by atoms with E-state index in [2.05, 4.69) is 102 Å². The molecule has 0 unspecified atom stereocenters. The van der Waals surface area contributed by atoms with E-state index in [1.165, 1.54) is 43.8 Å². The SMILES string of the molecule is Cc1ccc(C)c2[cH-]ccc12.Cc1ccc(C)c2[cH-]ccc12.[CH2-]C[CH2-].[Zr+4]. The second kappa shape index (κ2) is 10.6. The monoisotopic (exact) mass is 418 g/mol. The maximum Gasteiger partial charge on any atom is 4.00 e. The number of fused-ring (bicyclic) bond motifs is 2. The van der Waals surface area contributed by atoms with Gasteiger partial charge in [-0.15, -0.1) is 56.9 Å². The van der Waals surface area contributed by atoms with E-state index >= 15 is 0 Å². The van der Waals surface area contributed by atoms with E-state index in [0.717, 1.165) is 6.42 Å². The molecular formula is C25H28Zr. The van der Waals surface area contributed by atoms with Gasteiger partial charge in [0.05, 0.1) is 0 Å². The van der Waals surface area contributed by atoms with Gasteiger partial charge in [-0.25, -0.2) is 0 Å². The summed E-state index contributed by atoms with van der Waals surface area (Å²) in [4.78, 5) is 0. The van der Waals surface area contributed by atoms with Gasteiger partial charge in [0.1, 0.15) is 0 Å². The number of aryl methyl sites for hydroxylation is 4. The van der Waals surface area contributed by atoms with Crippen molar-refractivity contribution in [3.8, 4) is 0 Å². The van der Waals surface area contributed by atoms with Gasteiger partial charge in [0.2, 0.25) is 0 Å². The van der Waals surface area contributed by atoms with Crippen molar-refractivity contribution in [2.45, 2.75) is 34.1 Å². The molecule has 0 atom stereocenters. The van der Waals surface area contributed by atoms with Gasteiger partial charge in [-0.2, -0.15) is 24.3 Å². The Morgan fingerprint density at radius 1 is 0.615 bits per heavy atom. The molecule has 0 spiro atoms. The van der Waals surface area contributed by atoms with Crippen LogP contribution in [-0.2, 0) is 26.2 Å². The maximum atomic E-state index is 3.38. The number of rotatable bonds is 0. The van der Waals surface area contributed by atoms with Crippen LogP contribution in [0.4, 0.5) is 0 Å². The van der Waals surface area contributed by atoms with Gasteiger partial charge in [-0.1, -0.05) is 37.1 Å². The van der Waals surface area contributed by atoms with Gasteiger partial charge in [0.25, 0.3) is 0 Å². The van der Waals surface area contributed by atoms with Gasteiger partial charge in [-0.05, 0) is 13.8 Å². The Morgan fingerprint density at radius 2 is 0.923 bits per heavy atom. The van der Waals surface area contributed by atoms with Crippen LogP contribution in [0.15, 0.2) is 60.7 Å². The Morgan fingerprint density at radius 3 is 1.23 bits per heavy atom. The number of hydrogen-bond acceptors (Lipinski definition) is 0. The van der Waals surface area contributed by atoms with Crippen LogP contribution in [0.5, 0.6) is 0 Å². The summed E-state index contributed by atoms with van der Waals surface area (Å²) in [6.45, 7) is 15.4. The molecule has 0 saturated carbocycles. The fourth-order valence-corrected chi connectivity index (χ4v) is 3.07. The third-order valence-corrected chi connectivity index (χ3v) is 4.50. The zero-order valence-corrected chi connectivity index (χ0v) is 18.9. The maximum absolute atomic E-state index is 3.38. The van der Waals surface area contributed by atoms with Gasteiger partial charge in [0.15, 0.2) is 0 Å². The van der Waals surface area contributed by atoms with Gasteiger partial charge in [0, 0.05) is 0 Å². The third-order valence-electron chi connectivity index (χ3n) is 4.50. The fourth-order valence-electron chi connectivity index (χ4n) is 3.07. The predicted molar refractivity (Wildman–Crippen MR) is 113 cm³/mol. The van der Waals surface area contributed by atoms with Crippen molar-refractivity contribution in [2.75, 3.05) is 0 Å². The summed E-state index contributed by atoms with van der Waals surface area (Å²) >= 11 is 0. The Balaban J connectivity index is 0.000000219. The van der Waals surface area contributed by atoms with E-state index in [1.807, 2.05) is 0 Å². The smallest absolute Gasteiger partial charge is 0.372 e. The first-order valence-electron chi connectivity index (χ1n) is 8.81. The van der Waals surface area contributed by atoms with Gasteiger partial charge >= 0.3 is 26.2 Å². The van der Waals surface area contributed by atoms with Crippen LogP contribution in [0.3, 0.4) is 0 Å². The van der Waals surface area contributed by atoms with Gasteiger partial charge < -0.3 is 20.3 Å². The minimum Gasteiger partial charge on any atom is -0.372 e. The molecule has 0 aliphatic rings. The molecule has 0 saturated heterocycles. The molecule has 0 aliphatic heterocycles. The van der Waals surface area contributed by atoms with Crippen molar-refractivity contribution >= 4 is 21.5 Å². The molecule has 0 nitrogen and oxygen atoms in total. The van der Waals surface area contributed by atoms with Crippen molar-refractivity contribution < 1.29 is 26.2 Å². The first-order chi connectivity index (χ1) is 12.0. The minimum atomic E-state index is 0. The molecule has 4 rings (SSSR count). The van der Waals surface area contributed by atoms with Crippen molar-refractivity contribution in [1.29, 1.82) is 0 Å². The molecule has 0 aromatic heterocycles. The Bertz CT molecular complexity index is 787. The van der Waals surface area contributed by atoms with Crippen LogP contribution in [-0.4, -0.2) is 0 Å². The molecule has 1 heteroatoms. The molecule has 0 fully saturated rings. The van der Waals surface area contributed by atoms with Crippen molar-refractivity contribution in [2.24, 2.45) is 0 Å². The van der Waals surface area contributed by atoms with Crippen LogP contribution >= 0.6 is 0 Å². The summed E-state index contributed by atoms with van der Waals surface area (Å²) in [5.41, 5.74) is 5.48. The van der Waals surface area contributed by atoms with Crippen LogP contribution in [0, 0.1) is 41.5 Å². The summed E-state index contributed by atoms with van der Waals surface area (Å²) in [5, 5.41) is 5.57. The van der Waals surface area contributed by atoms with Crippen molar-refractivity contribution in [3.63, 3.8) is 0 Å². The summed E-state index contributed by atoms with van der Waals surface area (Å²) in [5.74, 6) is 0. The molecule has 0 bridgehead atoms. The summed E-state index contributed by atoms with van der Waals surface area (Å²) in [6.07, 6.45) is 0.750. The zero-order valence-electron chi connectivity index (χ0n) is 16.4. The second-order valence-corrected chi connectivity index (χ2v) is 6.46. The quantitative estimate of drug-likeness (QED) is 0.261. The largest absolute Gasteiger partial charge is 4.00 e. The molecule has 4 aromatic carbocycles. The first kappa shape index (κ1) is 22.6. The molecule has 0 amide bonds. The first-order valence-corrected chi connectivity index (χ1v) is 8.81. The van der Waals surface area contributed by atoms with Crippen LogP contribution in [0.2, 0.25) is 0 Å². The average molecular weight is 420 g/mol. The molecule has 0 heterocycles. The molecule has 26 heavy (non-hydrogen) atoms. The standard InChI is InChI=1S/2C11H11.C3H6.Zr/c2*1-8-6-7-9(2)11-5-3-4-10(8)11;1-3-2;/h2*3-7H,1-2H3;1-3H2;/q2*-1;-2;+4. The predicted octanol–water partition coefficient (Wildman–Crippen LogP) is 7.39. The third kappa shape index (κ3) is 5.27. The minimum absolute atomic E-state index is 0. The summed E-state index contributed by atoms with van der Waals surface area (Å²) in [7, 11) is 0. The topological polar surface area (TPSA) is 0 Å². The number of hydrogen-bond donors (Lipinski definition) is 0. The van der Waals surface area contributed by atoms with Crippen LogP contribution in [0.1, 0.15) is 28.7 Å². The Hall–Kier alpha value is -1.46. The molecule has 132 valence electrons. The van der Waals surface area contributed by atoms with Crippen LogP contribution in [0.25, 0.3) is 21.5 Å². The van der Waals surface area contributed by atoms with E-state index in [1.54, 1.807) is 0 Å². The molecule has 4 aromatic rings. The van der Waals surface area contributed by atoms with E-state index in [0.29, 0.717) is 0 Å². The zero-order chi connectivity index (χ0) is 18.4. The van der Waals surface area contributed by atoms with E-state index in [9.17, 15) is 0 Å². The van der Waals surface area contributed by atoms with Gasteiger partial charge in [-0.3, -0.25) is 0 Å². The molecule has 0 radical (unpaired) electrons. The summed E-state index contributed by atoms with van der Waals surface area (Å²) < 4.78 is 0. The molecular weight excluding hydrogens is 391 g/mol. The summed E-state index contributed by atoms with van der Waals surface area (Å²) in [6, 6.07) is 21.7. The Kier molecular flexibility index (Phi) is 9.24. The normalized spacial score (nSPS) is 9.77. The van der Waals surface area contributed by atoms with E-state index in [4.69, 9.17) is 0 Å². The molecule has 0 N–H and O–H groups in total. The average Bonchev–Trinajstić information content (AvgIpc) is 3.26.